The normalized spacial score (nSPS) is 25.4. The van der Waals surface area contributed by atoms with Gasteiger partial charge in [-0.05, 0) is 44.9 Å². The van der Waals surface area contributed by atoms with Crippen molar-refractivity contribution < 1.29 is 23.1 Å². The molecule has 1 aliphatic heterocycles. The molecule has 1 fully saturated rings. The van der Waals surface area contributed by atoms with E-state index in [1.807, 2.05) is 0 Å². The maximum Gasteiger partial charge on any atom is 0.335 e. The zero-order chi connectivity index (χ0) is 19.3. The van der Waals surface area contributed by atoms with Gasteiger partial charge in [-0.1, -0.05) is 19.4 Å². The van der Waals surface area contributed by atoms with Gasteiger partial charge >= 0.3 is 8.56 Å². The highest BCUT2D eigenvalue weighted by Gasteiger charge is 2.35. The van der Waals surface area contributed by atoms with Crippen LogP contribution in [-0.4, -0.2) is 89.2 Å². The smallest absolute Gasteiger partial charge is 0.335 e. The zero-order valence-electron chi connectivity index (χ0n) is 17.4. The highest BCUT2D eigenvalue weighted by molar-refractivity contribution is 6.66. The van der Waals surface area contributed by atoms with Crippen molar-refractivity contribution in [3.63, 3.8) is 0 Å². The third-order valence-corrected chi connectivity index (χ3v) is 9.16. The van der Waals surface area contributed by atoms with Crippen LogP contribution in [0.5, 0.6) is 0 Å². The van der Waals surface area contributed by atoms with E-state index in [-0.39, 0.29) is 12.0 Å². The van der Waals surface area contributed by atoms with Gasteiger partial charge < -0.3 is 28.0 Å². The molecule has 26 heavy (non-hydrogen) atoms. The zero-order valence-corrected chi connectivity index (χ0v) is 19.4. The van der Waals surface area contributed by atoms with E-state index in [0.29, 0.717) is 16.1 Å². The van der Waals surface area contributed by atoms with Crippen LogP contribution >= 0.6 is 0 Å². The van der Waals surface area contributed by atoms with Crippen molar-refractivity contribution in [2.24, 2.45) is 0 Å². The minimum atomic E-state index is -2.06. The second-order valence-corrected chi connectivity index (χ2v) is 11.8. The molecule has 154 valence electrons. The third-order valence-electron chi connectivity index (χ3n) is 4.75. The molecule has 0 N–H and O–H groups in total. The SMILES string of the molecule is CCCCOCC1CN(CCC[Si]C(OC)OC)CCC[Si](C)(OC)O1. The van der Waals surface area contributed by atoms with Gasteiger partial charge in [-0.15, -0.1) is 0 Å². The molecule has 0 amide bonds. The summed E-state index contributed by atoms with van der Waals surface area (Å²) in [5, 5.41) is 0. The molecule has 1 aliphatic rings. The Morgan fingerprint density at radius 1 is 1.23 bits per heavy atom. The molecule has 8 heteroatoms. The fraction of sp³-hybridized carbons (Fsp3) is 1.00. The van der Waals surface area contributed by atoms with Crippen LogP contribution in [-0.2, 0) is 23.1 Å². The monoisotopic (exact) mass is 405 g/mol. The van der Waals surface area contributed by atoms with Gasteiger partial charge in [-0.2, -0.15) is 0 Å². The number of hydrogen-bond acceptors (Lipinski definition) is 6. The summed E-state index contributed by atoms with van der Waals surface area (Å²) in [6.07, 6.45) is 4.67. The fourth-order valence-corrected chi connectivity index (χ4v) is 6.14. The Morgan fingerprint density at radius 3 is 2.65 bits per heavy atom. The summed E-state index contributed by atoms with van der Waals surface area (Å²) in [5.41, 5.74) is 0. The predicted molar refractivity (Wildman–Crippen MR) is 108 cm³/mol. The first kappa shape index (κ1) is 24.2. The largest absolute Gasteiger partial charge is 0.398 e. The number of hydrogen-bond donors (Lipinski definition) is 0. The van der Waals surface area contributed by atoms with Crippen molar-refractivity contribution in [1.29, 1.82) is 0 Å². The van der Waals surface area contributed by atoms with Crippen LogP contribution in [0.3, 0.4) is 0 Å². The number of unbranched alkanes of at least 4 members (excludes halogenated alkanes) is 1. The minimum Gasteiger partial charge on any atom is -0.398 e. The van der Waals surface area contributed by atoms with Gasteiger partial charge in [0.25, 0.3) is 0 Å². The molecular weight excluding hydrogens is 366 g/mol. The predicted octanol–water partition coefficient (Wildman–Crippen LogP) is 2.70. The van der Waals surface area contributed by atoms with Crippen molar-refractivity contribution >= 4 is 18.1 Å². The summed E-state index contributed by atoms with van der Waals surface area (Å²) in [4.78, 5) is 2.52. The topological polar surface area (TPSA) is 49.4 Å². The van der Waals surface area contributed by atoms with Crippen molar-refractivity contribution in [1.82, 2.24) is 4.90 Å². The Kier molecular flexibility index (Phi) is 13.3. The Bertz CT molecular complexity index is 350. The molecule has 0 bridgehead atoms. The highest BCUT2D eigenvalue weighted by Crippen LogP contribution is 2.21. The lowest BCUT2D eigenvalue weighted by Crippen LogP contribution is -2.50. The fourth-order valence-electron chi connectivity index (χ4n) is 3.14. The average molecular weight is 406 g/mol. The molecule has 2 radical (unpaired) electrons. The molecule has 0 aromatic carbocycles. The van der Waals surface area contributed by atoms with Crippen LogP contribution < -0.4 is 0 Å². The van der Waals surface area contributed by atoms with Gasteiger partial charge in [0.15, 0.2) is 0 Å². The van der Waals surface area contributed by atoms with Crippen LogP contribution in [0.4, 0.5) is 0 Å². The molecule has 6 nitrogen and oxygen atoms in total. The van der Waals surface area contributed by atoms with Crippen LogP contribution in [0.15, 0.2) is 0 Å². The van der Waals surface area contributed by atoms with E-state index in [2.05, 4.69) is 18.4 Å². The maximum absolute atomic E-state index is 6.43. The van der Waals surface area contributed by atoms with Gasteiger partial charge in [0.2, 0.25) is 0 Å². The average Bonchev–Trinajstić information content (AvgIpc) is 2.63. The molecule has 0 aromatic rings. The Hall–Kier alpha value is 0.194. The standard InChI is InChI=1S/C18H39NO5Si2/c1-6-7-12-23-16-17-15-19(10-8-13-25-18(20-2)21-3)11-9-14-26(5,22-4)24-17/h17-18H,6-16H2,1-5H3. The summed E-state index contributed by atoms with van der Waals surface area (Å²) in [6, 6.07) is 2.18. The summed E-state index contributed by atoms with van der Waals surface area (Å²) < 4.78 is 28.6. The quantitative estimate of drug-likeness (QED) is 0.267. The molecule has 1 rings (SSSR count). The summed E-state index contributed by atoms with van der Waals surface area (Å²) >= 11 is 0. The molecule has 0 aliphatic carbocycles. The van der Waals surface area contributed by atoms with Crippen molar-refractivity contribution in [3.05, 3.63) is 0 Å². The Morgan fingerprint density at radius 2 is 2.00 bits per heavy atom. The number of ether oxygens (including phenoxy) is 3. The van der Waals surface area contributed by atoms with Crippen LogP contribution in [0.2, 0.25) is 18.6 Å². The first-order chi connectivity index (χ1) is 12.6. The van der Waals surface area contributed by atoms with Crippen molar-refractivity contribution in [2.75, 3.05) is 54.2 Å². The van der Waals surface area contributed by atoms with E-state index >= 15 is 0 Å². The molecule has 0 aromatic heterocycles. The van der Waals surface area contributed by atoms with E-state index < -0.39 is 8.56 Å². The van der Waals surface area contributed by atoms with Crippen LogP contribution in [0, 0.1) is 0 Å². The van der Waals surface area contributed by atoms with E-state index in [1.165, 1.54) is 0 Å². The van der Waals surface area contributed by atoms with E-state index in [9.17, 15) is 0 Å². The molecule has 0 spiro atoms. The minimum absolute atomic E-state index is 0.0567. The van der Waals surface area contributed by atoms with Gasteiger partial charge in [0.05, 0.1) is 12.7 Å². The van der Waals surface area contributed by atoms with E-state index in [1.54, 1.807) is 21.3 Å². The van der Waals surface area contributed by atoms with Crippen LogP contribution in [0.25, 0.3) is 0 Å². The van der Waals surface area contributed by atoms with Crippen LogP contribution in [0.1, 0.15) is 32.6 Å². The van der Waals surface area contributed by atoms with Crippen molar-refractivity contribution in [2.45, 2.75) is 63.3 Å². The van der Waals surface area contributed by atoms with Gasteiger partial charge in [0.1, 0.15) is 15.4 Å². The van der Waals surface area contributed by atoms with E-state index in [0.717, 1.165) is 64.0 Å². The molecule has 1 saturated heterocycles. The number of nitrogens with zero attached hydrogens (tertiary/aromatic N) is 1. The molecule has 2 unspecified atom stereocenters. The molecule has 2 atom stereocenters. The van der Waals surface area contributed by atoms with E-state index in [4.69, 9.17) is 23.1 Å². The lowest BCUT2D eigenvalue weighted by atomic mass is 10.3. The first-order valence-corrected chi connectivity index (χ1v) is 13.7. The lowest BCUT2D eigenvalue weighted by molar-refractivity contribution is -0.0441. The number of methoxy groups -OCH3 is 2. The summed E-state index contributed by atoms with van der Waals surface area (Å²) in [5.74, 6) is -0.0567. The second-order valence-electron chi connectivity index (χ2n) is 7.02. The van der Waals surface area contributed by atoms with Gasteiger partial charge in [-0.25, -0.2) is 0 Å². The molecule has 1 heterocycles. The summed E-state index contributed by atoms with van der Waals surface area (Å²) in [6.45, 7) is 8.98. The maximum atomic E-state index is 6.43. The van der Waals surface area contributed by atoms with Crippen molar-refractivity contribution in [3.8, 4) is 0 Å². The summed E-state index contributed by atoms with van der Waals surface area (Å²) in [7, 11) is 3.84. The third kappa shape index (κ3) is 9.94. The second kappa shape index (κ2) is 14.2. The highest BCUT2D eigenvalue weighted by atomic mass is 28.4. The molecular formula is C18H39NO5Si2. The van der Waals surface area contributed by atoms with Gasteiger partial charge in [-0.3, -0.25) is 0 Å². The Labute approximate surface area is 163 Å². The first-order valence-electron chi connectivity index (χ1n) is 9.89. The van der Waals surface area contributed by atoms with Gasteiger partial charge in [0, 0.05) is 34.5 Å². The Balaban J connectivity index is 2.45. The number of rotatable bonds is 13. The molecule has 0 saturated carbocycles. The lowest BCUT2D eigenvalue weighted by Gasteiger charge is -2.37.